The number of hydrogen-bond donors (Lipinski definition) is 1. The number of nitrogens with zero attached hydrogens (tertiary/aromatic N) is 2. The Hall–Kier alpha value is -3.89. The zero-order chi connectivity index (χ0) is 24.2. The maximum atomic E-state index is 12.9. The minimum absolute atomic E-state index is 0.0518. The predicted molar refractivity (Wildman–Crippen MR) is 130 cm³/mol. The van der Waals surface area contributed by atoms with Crippen LogP contribution in [0.1, 0.15) is 18.4 Å². The zero-order valence-corrected chi connectivity index (χ0v) is 19.4. The van der Waals surface area contributed by atoms with Gasteiger partial charge in [0.2, 0.25) is 0 Å². The number of halogens is 1. The minimum Gasteiger partial charge on any atom is -0.494 e. The second kappa shape index (κ2) is 9.94. The number of thiocarbonyl (C=S) groups is 1. The lowest BCUT2D eigenvalue weighted by Gasteiger charge is -2.14. The zero-order valence-electron chi connectivity index (χ0n) is 17.8. The summed E-state index contributed by atoms with van der Waals surface area (Å²) < 4.78 is 16.6. The van der Waals surface area contributed by atoms with Crippen LogP contribution < -0.4 is 19.7 Å². The van der Waals surface area contributed by atoms with Crippen molar-refractivity contribution in [2.75, 3.05) is 11.5 Å². The molecule has 0 radical (unpaired) electrons. The summed E-state index contributed by atoms with van der Waals surface area (Å²) in [5.41, 5.74) is 0.603. The highest BCUT2D eigenvalue weighted by Gasteiger charge is 2.32. The highest BCUT2D eigenvalue weighted by molar-refractivity contribution is 7.80. The molecule has 0 saturated carbocycles. The number of anilines is 1. The molecule has 4 rings (SSSR count). The van der Waals surface area contributed by atoms with E-state index >= 15 is 0 Å². The Morgan fingerprint density at radius 2 is 1.94 bits per heavy atom. The van der Waals surface area contributed by atoms with E-state index < -0.39 is 4.92 Å². The van der Waals surface area contributed by atoms with Crippen molar-refractivity contribution in [3.05, 3.63) is 87.0 Å². The molecule has 174 valence electrons. The highest BCUT2D eigenvalue weighted by atomic mass is 35.5. The van der Waals surface area contributed by atoms with E-state index in [1.165, 1.54) is 29.2 Å². The number of benzene rings is 2. The van der Waals surface area contributed by atoms with Crippen LogP contribution in [0.25, 0.3) is 6.08 Å². The van der Waals surface area contributed by atoms with Crippen LogP contribution in [0.3, 0.4) is 0 Å². The van der Waals surface area contributed by atoms with Crippen LogP contribution in [0.4, 0.5) is 11.4 Å². The first kappa shape index (κ1) is 23.3. The smallest absolute Gasteiger partial charge is 0.312 e. The van der Waals surface area contributed by atoms with E-state index in [0.29, 0.717) is 29.6 Å². The summed E-state index contributed by atoms with van der Waals surface area (Å²) in [6, 6.07) is 14.5. The van der Waals surface area contributed by atoms with Gasteiger partial charge in [-0.15, -0.1) is 0 Å². The van der Waals surface area contributed by atoms with Gasteiger partial charge >= 0.3 is 5.69 Å². The number of nitro benzene ring substituents is 1. The third kappa shape index (κ3) is 5.03. The van der Waals surface area contributed by atoms with E-state index in [1.54, 1.807) is 36.4 Å². The molecule has 34 heavy (non-hydrogen) atoms. The molecule has 2 aromatic carbocycles. The van der Waals surface area contributed by atoms with Crippen molar-refractivity contribution in [3.8, 4) is 11.5 Å². The van der Waals surface area contributed by atoms with E-state index in [1.807, 2.05) is 6.92 Å². The predicted octanol–water partition coefficient (Wildman–Crippen LogP) is 5.08. The van der Waals surface area contributed by atoms with Crippen molar-refractivity contribution >= 4 is 52.3 Å². The molecule has 1 aliphatic rings. The molecule has 11 heteroatoms. The fourth-order valence-electron chi connectivity index (χ4n) is 3.22. The van der Waals surface area contributed by atoms with E-state index in [0.717, 1.165) is 0 Å². The van der Waals surface area contributed by atoms with Gasteiger partial charge in [0.15, 0.2) is 10.9 Å². The molecular weight excluding hydrogens is 482 g/mol. The first-order chi connectivity index (χ1) is 16.4. The van der Waals surface area contributed by atoms with E-state index in [-0.39, 0.29) is 39.8 Å². The first-order valence-corrected chi connectivity index (χ1v) is 10.9. The highest BCUT2D eigenvalue weighted by Crippen LogP contribution is 2.31. The molecule has 1 fully saturated rings. The fourth-order valence-corrected chi connectivity index (χ4v) is 3.69. The van der Waals surface area contributed by atoms with E-state index in [9.17, 15) is 14.9 Å². The van der Waals surface area contributed by atoms with Crippen molar-refractivity contribution in [1.29, 1.82) is 0 Å². The summed E-state index contributed by atoms with van der Waals surface area (Å²) >= 11 is 11.1. The van der Waals surface area contributed by atoms with Crippen LogP contribution in [0.2, 0.25) is 5.02 Å². The van der Waals surface area contributed by atoms with Gasteiger partial charge in [0.1, 0.15) is 29.6 Å². The molecule has 1 N–H and O–H groups in total. The van der Waals surface area contributed by atoms with Gasteiger partial charge in [-0.3, -0.25) is 19.8 Å². The summed E-state index contributed by atoms with van der Waals surface area (Å²) in [4.78, 5) is 24.9. The second-order valence-electron chi connectivity index (χ2n) is 7.02. The van der Waals surface area contributed by atoms with Gasteiger partial charge in [-0.25, -0.2) is 0 Å². The third-order valence-corrected chi connectivity index (χ3v) is 5.26. The van der Waals surface area contributed by atoms with Gasteiger partial charge in [-0.2, -0.15) is 0 Å². The lowest BCUT2D eigenvalue weighted by molar-refractivity contribution is -0.385. The maximum absolute atomic E-state index is 12.9. The van der Waals surface area contributed by atoms with Crippen LogP contribution >= 0.6 is 23.8 Å². The van der Waals surface area contributed by atoms with Crippen molar-refractivity contribution in [1.82, 2.24) is 5.32 Å². The number of rotatable bonds is 8. The quantitative estimate of drug-likeness (QED) is 0.198. The average molecular weight is 500 g/mol. The molecule has 2 heterocycles. The van der Waals surface area contributed by atoms with Gasteiger partial charge in [-0.1, -0.05) is 11.6 Å². The topological polar surface area (TPSA) is 107 Å². The number of furan rings is 1. The van der Waals surface area contributed by atoms with Gasteiger partial charge in [0.05, 0.1) is 17.2 Å². The molecule has 9 nitrogen and oxygen atoms in total. The Labute approximate surface area is 204 Å². The van der Waals surface area contributed by atoms with Crippen LogP contribution in [-0.4, -0.2) is 22.5 Å². The second-order valence-corrected chi connectivity index (χ2v) is 7.84. The van der Waals surface area contributed by atoms with Crippen LogP contribution in [-0.2, 0) is 11.4 Å². The van der Waals surface area contributed by atoms with E-state index in [4.69, 9.17) is 37.7 Å². The summed E-state index contributed by atoms with van der Waals surface area (Å²) in [6.07, 6.45) is 1.53. The van der Waals surface area contributed by atoms with Crippen molar-refractivity contribution < 1.29 is 23.6 Å². The Kier molecular flexibility index (Phi) is 6.80. The number of carbonyl (C=O) groups is 1. The maximum Gasteiger partial charge on any atom is 0.312 e. The number of nitrogens with one attached hydrogen (secondary N) is 1. The molecule has 3 aromatic rings. The van der Waals surface area contributed by atoms with Gasteiger partial charge in [-0.05, 0) is 67.7 Å². The number of amides is 1. The van der Waals surface area contributed by atoms with Crippen LogP contribution in [0.15, 0.2) is 64.7 Å². The molecule has 1 aliphatic heterocycles. The van der Waals surface area contributed by atoms with Gasteiger partial charge in [0.25, 0.3) is 5.91 Å². The molecule has 0 spiro atoms. The molecule has 0 bridgehead atoms. The molecular formula is C23H18ClN3O6S. The monoisotopic (exact) mass is 499 g/mol. The Morgan fingerprint density at radius 1 is 1.18 bits per heavy atom. The Morgan fingerprint density at radius 3 is 2.65 bits per heavy atom. The molecule has 1 aromatic heterocycles. The normalized spacial score (nSPS) is 14.4. The lowest BCUT2D eigenvalue weighted by atomic mass is 10.2. The van der Waals surface area contributed by atoms with Crippen molar-refractivity contribution in [2.24, 2.45) is 0 Å². The van der Waals surface area contributed by atoms with Gasteiger partial charge < -0.3 is 19.2 Å². The molecule has 0 atom stereocenters. The number of nitro groups is 1. The SMILES string of the molecule is CCOc1ccc(N2C(=O)/C(=C\c3ccc(COc4ccc(Cl)cc4[N+](=O)[O-])o3)NC2=S)cc1. The summed E-state index contributed by atoms with van der Waals surface area (Å²) in [5, 5.41) is 14.6. The Bertz CT molecular complexity index is 1290. The number of ether oxygens (including phenoxy) is 2. The Balaban J connectivity index is 1.45. The summed E-state index contributed by atoms with van der Waals surface area (Å²) in [5.74, 6) is 1.22. The molecule has 0 aliphatic carbocycles. The largest absolute Gasteiger partial charge is 0.494 e. The van der Waals surface area contributed by atoms with Crippen LogP contribution in [0, 0.1) is 10.1 Å². The molecule has 1 amide bonds. The summed E-state index contributed by atoms with van der Waals surface area (Å²) in [7, 11) is 0. The first-order valence-electron chi connectivity index (χ1n) is 10.1. The number of carbonyl (C=O) groups excluding carboxylic acids is 1. The van der Waals surface area contributed by atoms with Crippen molar-refractivity contribution in [3.63, 3.8) is 0 Å². The lowest BCUT2D eigenvalue weighted by Crippen LogP contribution is -2.30. The average Bonchev–Trinajstić information content (AvgIpc) is 3.37. The minimum atomic E-state index is -0.574. The van der Waals surface area contributed by atoms with E-state index in [2.05, 4.69) is 5.32 Å². The fraction of sp³-hybridized carbons (Fsp3) is 0.130. The van der Waals surface area contributed by atoms with Crippen molar-refractivity contribution in [2.45, 2.75) is 13.5 Å². The molecule has 1 saturated heterocycles. The third-order valence-electron chi connectivity index (χ3n) is 4.74. The van der Waals surface area contributed by atoms with Crippen LogP contribution in [0.5, 0.6) is 11.5 Å². The number of hydrogen-bond acceptors (Lipinski definition) is 7. The standard InChI is InChI=1S/C23H18ClN3O6S/c1-2-31-16-6-4-15(5-7-16)26-22(28)19(25-23(26)34)12-17-8-9-18(33-17)13-32-21-10-3-14(24)11-20(21)27(29)30/h3-12H,2,13H2,1H3,(H,25,34)/b19-12+. The summed E-state index contributed by atoms with van der Waals surface area (Å²) in [6.45, 7) is 2.38. The molecule has 0 unspecified atom stereocenters. The van der Waals surface area contributed by atoms with Gasteiger partial charge in [0, 0.05) is 17.2 Å².